The first-order valence-corrected chi connectivity index (χ1v) is 8.99. The van der Waals surface area contributed by atoms with Gasteiger partial charge in [0.2, 0.25) is 0 Å². The van der Waals surface area contributed by atoms with Gasteiger partial charge >= 0.3 is 10.2 Å². The van der Waals surface area contributed by atoms with E-state index in [1.807, 2.05) is 7.05 Å². The second-order valence-electron chi connectivity index (χ2n) is 5.19. The van der Waals surface area contributed by atoms with E-state index < -0.39 is 10.2 Å². The molecule has 1 aliphatic rings. The van der Waals surface area contributed by atoms with Gasteiger partial charge in [0, 0.05) is 23.1 Å². The van der Waals surface area contributed by atoms with Crippen LogP contribution in [-0.2, 0) is 10.2 Å². The topological polar surface area (TPSA) is 61.4 Å². The van der Waals surface area contributed by atoms with Crippen LogP contribution in [0.3, 0.4) is 0 Å². The van der Waals surface area contributed by atoms with E-state index in [0.29, 0.717) is 34.7 Å². The molecule has 2 N–H and O–H groups in total. The lowest BCUT2D eigenvalue weighted by Crippen LogP contribution is -2.44. The van der Waals surface area contributed by atoms with Crippen molar-refractivity contribution < 1.29 is 8.42 Å². The summed E-state index contributed by atoms with van der Waals surface area (Å²) < 4.78 is 28.9. The van der Waals surface area contributed by atoms with Crippen LogP contribution in [0.15, 0.2) is 18.2 Å². The van der Waals surface area contributed by atoms with Crippen LogP contribution in [0.1, 0.15) is 12.8 Å². The Hall–Kier alpha value is -0.530. The third-order valence-electron chi connectivity index (χ3n) is 3.42. The molecule has 1 aromatic carbocycles. The lowest BCUT2D eigenvalue weighted by molar-refractivity contribution is 0.264. The van der Waals surface area contributed by atoms with E-state index in [9.17, 15) is 8.42 Å². The summed E-state index contributed by atoms with van der Waals surface area (Å²) in [7, 11) is -1.71. The summed E-state index contributed by atoms with van der Waals surface area (Å²) in [6.07, 6.45) is 1.90. The van der Waals surface area contributed by atoms with Gasteiger partial charge in [-0.25, -0.2) is 0 Å². The summed E-state index contributed by atoms with van der Waals surface area (Å²) in [5.74, 6) is 0.336. The fraction of sp³-hybridized carbons (Fsp3) is 0.538. The molecule has 2 rings (SSSR count). The van der Waals surface area contributed by atoms with E-state index in [4.69, 9.17) is 23.2 Å². The second-order valence-corrected chi connectivity index (χ2v) is 7.73. The molecule has 118 valence electrons. The van der Waals surface area contributed by atoms with Crippen molar-refractivity contribution in [3.8, 4) is 0 Å². The van der Waals surface area contributed by atoms with Crippen LogP contribution in [0.25, 0.3) is 0 Å². The summed E-state index contributed by atoms with van der Waals surface area (Å²) in [6.45, 7) is 1.86. The van der Waals surface area contributed by atoms with Crippen molar-refractivity contribution in [3.63, 3.8) is 0 Å². The summed E-state index contributed by atoms with van der Waals surface area (Å²) >= 11 is 11.8. The molecule has 8 heteroatoms. The van der Waals surface area contributed by atoms with Gasteiger partial charge in [-0.1, -0.05) is 23.2 Å². The SMILES string of the molecule is CNCC1CCCN(S(=O)(=O)Nc2cc(Cl)cc(Cl)c2)C1. The molecule has 0 aliphatic carbocycles. The molecule has 21 heavy (non-hydrogen) atoms. The fourth-order valence-corrected chi connectivity index (χ4v) is 4.37. The minimum absolute atomic E-state index is 0.336. The molecule has 1 fully saturated rings. The number of nitrogens with one attached hydrogen (secondary N) is 2. The Balaban J connectivity index is 2.10. The third kappa shape index (κ3) is 4.72. The van der Waals surface area contributed by atoms with Crippen LogP contribution < -0.4 is 10.0 Å². The Kier molecular flexibility index (Phi) is 5.73. The summed E-state index contributed by atoms with van der Waals surface area (Å²) in [5.41, 5.74) is 0.378. The van der Waals surface area contributed by atoms with Crippen molar-refractivity contribution >= 4 is 39.1 Å². The lowest BCUT2D eigenvalue weighted by atomic mass is 10.00. The minimum atomic E-state index is -3.58. The molecular formula is C13H19Cl2N3O2S. The highest BCUT2D eigenvalue weighted by atomic mass is 35.5. The van der Waals surface area contributed by atoms with Gasteiger partial charge in [0.15, 0.2) is 0 Å². The molecule has 1 aliphatic heterocycles. The smallest absolute Gasteiger partial charge is 0.301 e. The van der Waals surface area contributed by atoms with E-state index in [2.05, 4.69) is 10.0 Å². The first-order chi connectivity index (χ1) is 9.90. The molecule has 0 aromatic heterocycles. The van der Waals surface area contributed by atoms with Crippen molar-refractivity contribution in [3.05, 3.63) is 28.2 Å². The van der Waals surface area contributed by atoms with E-state index in [1.165, 1.54) is 4.31 Å². The van der Waals surface area contributed by atoms with Crippen LogP contribution in [0.5, 0.6) is 0 Å². The standard InChI is InChI=1S/C13H19Cl2N3O2S/c1-16-8-10-3-2-4-18(9-10)21(19,20)17-13-6-11(14)5-12(15)7-13/h5-7,10,16-17H,2-4,8-9H2,1H3. The highest BCUT2D eigenvalue weighted by Gasteiger charge is 2.28. The van der Waals surface area contributed by atoms with Crippen LogP contribution in [-0.4, -0.2) is 39.4 Å². The maximum absolute atomic E-state index is 12.4. The molecule has 0 radical (unpaired) electrons. The van der Waals surface area contributed by atoms with Crippen LogP contribution in [0.4, 0.5) is 5.69 Å². The molecule has 0 spiro atoms. The average Bonchev–Trinajstić information content (AvgIpc) is 2.37. The third-order valence-corrected chi connectivity index (χ3v) is 5.37. The monoisotopic (exact) mass is 351 g/mol. The molecular weight excluding hydrogens is 333 g/mol. The van der Waals surface area contributed by atoms with Gasteiger partial charge < -0.3 is 5.32 Å². The van der Waals surface area contributed by atoms with Gasteiger partial charge in [0.05, 0.1) is 5.69 Å². The van der Waals surface area contributed by atoms with Gasteiger partial charge in [-0.15, -0.1) is 0 Å². The van der Waals surface area contributed by atoms with Gasteiger partial charge in [0.25, 0.3) is 0 Å². The number of rotatable bonds is 5. The first-order valence-electron chi connectivity index (χ1n) is 6.79. The molecule has 1 aromatic rings. The number of nitrogens with zero attached hydrogens (tertiary/aromatic N) is 1. The normalized spacial score (nSPS) is 20.4. The molecule has 0 amide bonds. The summed E-state index contributed by atoms with van der Waals surface area (Å²) in [6, 6.07) is 4.64. The first kappa shape index (κ1) is 16.8. The highest BCUT2D eigenvalue weighted by molar-refractivity contribution is 7.90. The Morgan fingerprint density at radius 3 is 2.57 bits per heavy atom. The van der Waals surface area contributed by atoms with Crippen LogP contribution in [0, 0.1) is 5.92 Å². The van der Waals surface area contributed by atoms with E-state index >= 15 is 0 Å². The molecule has 0 saturated carbocycles. The van der Waals surface area contributed by atoms with Gasteiger partial charge in [0.1, 0.15) is 0 Å². The predicted octanol–water partition coefficient (Wildman–Crippen LogP) is 2.58. The number of piperidine rings is 1. The van der Waals surface area contributed by atoms with Gasteiger partial charge in [-0.05, 0) is 50.6 Å². The number of benzene rings is 1. The second kappa shape index (κ2) is 7.15. The maximum atomic E-state index is 12.4. The largest absolute Gasteiger partial charge is 0.319 e. The Bertz CT molecular complexity index is 573. The average molecular weight is 352 g/mol. The van der Waals surface area contributed by atoms with Crippen molar-refractivity contribution in [2.45, 2.75) is 12.8 Å². The van der Waals surface area contributed by atoms with Crippen molar-refractivity contribution in [2.24, 2.45) is 5.92 Å². The zero-order valence-corrected chi connectivity index (χ0v) is 14.1. The van der Waals surface area contributed by atoms with Crippen LogP contribution in [0.2, 0.25) is 10.0 Å². The van der Waals surface area contributed by atoms with Crippen molar-refractivity contribution in [2.75, 3.05) is 31.4 Å². The van der Waals surface area contributed by atoms with E-state index in [-0.39, 0.29) is 0 Å². The van der Waals surface area contributed by atoms with E-state index in [1.54, 1.807) is 18.2 Å². The molecule has 5 nitrogen and oxygen atoms in total. The predicted molar refractivity (Wildman–Crippen MR) is 87.2 cm³/mol. The molecule has 1 heterocycles. The minimum Gasteiger partial charge on any atom is -0.319 e. The maximum Gasteiger partial charge on any atom is 0.301 e. The van der Waals surface area contributed by atoms with E-state index in [0.717, 1.165) is 19.4 Å². The fourth-order valence-electron chi connectivity index (χ4n) is 2.53. The zero-order chi connectivity index (χ0) is 15.5. The Morgan fingerprint density at radius 1 is 1.29 bits per heavy atom. The zero-order valence-electron chi connectivity index (χ0n) is 11.8. The van der Waals surface area contributed by atoms with Crippen LogP contribution >= 0.6 is 23.2 Å². The number of hydrogen-bond acceptors (Lipinski definition) is 3. The Morgan fingerprint density at radius 2 is 1.95 bits per heavy atom. The van der Waals surface area contributed by atoms with Gasteiger partial charge in [-0.3, -0.25) is 4.72 Å². The number of halogens is 2. The highest BCUT2D eigenvalue weighted by Crippen LogP contribution is 2.25. The molecule has 0 bridgehead atoms. The molecule has 1 unspecified atom stereocenters. The lowest BCUT2D eigenvalue weighted by Gasteiger charge is -2.31. The summed E-state index contributed by atoms with van der Waals surface area (Å²) in [5, 5.41) is 3.89. The van der Waals surface area contributed by atoms with Crippen molar-refractivity contribution in [1.82, 2.24) is 9.62 Å². The quantitative estimate of drug-likeness (QED) is 0.856. The van der Waals surface area contributed by atoms with Gasteiger partial charge in [-0.2, -0.15) is 12.7 Å². The van der Waals surface area contributed by atoms with Crippen molar-refractivity contribution in [1.29, 1.82) is 0 Å². The Labute approximate surface area is 135 Å². The summed E-state index contributed by atoms with van der Waals surface area (Å²) in [4.78, 5) is 0. The molecule has 1 atom stereocenters. The number of anilines is 1. The molecule has 1 saturated heterocycles. The number of hydrogen-bond donors (Lipinski definition) is 2.